The van der Waals surface area contributed by atoms with Gasteiger partial charge in [0.25, 0.3) is 5.91 Å². The lowest BCUT2D eigenvalue weighted by atomic mass is 10.0. The topological polar surface area (TPSA) is 20.1 Å². The summed E-state index contributed by atoms with van der Waals surface area (Å²) >= 11 is 0. The van der Waals surface area contributed by atoms with Gasteiger partial charge in [0.2, 0.25) is 0 Å². The minimum atomic E-state index is 0.171. The summed E-state index contributed by atoms with van der Waals surface area (Å²) in [5.74, 6) is 0.648. The van der Waals surface area contributed by atoms with Crippen LogP contribution in [0.25, 0.3) is 0 Å². The lowest BCUT2D eigenvalue weighted by Crippen LogP contribution is -2.12. The summed E-state index contributed by atoms with van der Waals surface area (Å²) in [6.45, 7) is 7.27. The van der Waals surface area contributed by atoms with Gasteiger partial charge in [0, 0.05) is 18.2 Å². The van der Waals surface area contributed by atoms with Crippen LogP contribution in [-0.2, 0) is 0 Å². The molecule has 1 aliphatic rings. The van der Waals surface area contributed by atoms with Gasteiger partial charge in [-0.2, -0.15) is 0 Å². The Morgan fingerprint density at radius 2 is 2.13 bits per heavy atom. The highest BCUT2D eigenvalue weighted by molar-refractivity contribution is 5.96. The van der Waals surface area contributed by atoms with Crippen LogP contribution in [0, 0.1) is 0 Å². The minimum absolute atomic E-state index is 0.171. The van der Waals surface area contributed by atoms with Gasteiger partial charge >= 0.3 is 0 Å². The van der Waals surface area contributed by atoms with E-state index in [1.165, 1.54) is 5.56 Å². The third kappa shape index (κ3) is 2.04. The standard InChI is InChI=1S/C13H17NO/c1-9(2)11-5-4-6-12(7-11)13(15)14-8-10(14)3/h4-7,9-10H,8H2,1-3H3. The van der Waals surface area contributed by atoms with E-state index >= 15 is 0 Å². The van der Waals surface area contributed by atoms with E-state index in [9.17, 15) is 4.79 Å². The second-order valence-corrected chi connectivity index (χ2v) is 4.59. The number of benzene rings is 1. The fourth-order valence-electron chi connectivity index (χ4n) is 1.72. The lowest BCUT2D eigenvalue weighted by Gasteiger charge is -2.08. The van der Waals surface area contributed by atoms with Gasteiger partial charge in [0.15, 0.2) is 0 Å². The summed E-state index contributed by atoms with van der Waals surface area (Å²) in [4.78, 5) is 13.8. The summed E-state index contributed by atoms with van der Waals surface area (Å²) in [5.41, 5.74) is 2.06. The van der Waals surface area contributed by atoms with Crippen LogP contribution < -0.4 is 0 Å². The maximum absolute atomic E-state index is 11.9. The zero-order valence-electron chi connectivity index (χ0n) is 9.53. The van der Waals surface area contributed by atoms with E-state index in [-0.39, 0.29) is 5.91 Å². The Balaban J connectivity index is 2.21. The first kappa shape index (κ1) is 10.2. The predicted octanol–water partition coefficient (Wildman–Crippen LogP) is 2.65. The normalized spacial score (nSPS) is 19.5. The quantitative estimate of drug-likeness (QED) is 0.677. The van der Waals surface area contributed by atoms with Gasteiger partial charge in [-0.05, 0) is 30.5 Å². The number of amides is 1. The number of nitrogens with zero attached hydrogens (tertiary/aromatic N) is 1. The second-order valence-electron chi connectivity index (χ2n) is 4.59. The summed E-state index contributed by atoms with van der Waals surface area (Å²) in [6, 6.07) is 8.39. The fourth-order valence-corrected chi connectivity index (χ4v) is 1.72. The van der Waals surface area contributed by atoms with Crippen LogP contribution >= 0.6 is 0 Å². The largest absolute Gasteiger partial charge is 0.332 e. The average Bonchev–Trinajstić information content (AvgIpc) is 2.94. The van der Waals surface area contributed by atoms with Crippen molar-refractivity contribution in [3.05, 3.63) is 35.4 Å². The van der Waals surface area contributed by atoms with E-state index in [1.807, 2.05) is 23.1 Å². The van der Waals surface area contributed by atoms with E-state index in [1.54, 1.807) is 0 Å². The molecule has 0 radical (unpaired) electrons. The number of hydrogen-bond acceptors (Lipinski definition) is 1. The van der Waals surface area contributed by atoms with Gasteiger partial charge in [0.1, 0.15) is 0 Å². The Kier molecular flexibility index (Phi) is 2.51. The van der Waals surface area contributed by atoms with Crippen molar-refractivity contribution in [2.75, 3.05) is 6.54 Å². The fraction of sp³-hybridized carbons (Fsp3) is 0.462. The number of carbonyl (C=O) groups excluding carboxylic acids is 1. The molecule has 0 aliphatic carbocycles. The summed E-state index contributed by atoms with van der Waals surface area (Å²) in [6.07, 6.45) is 0. The van der Waals surface area contributed by atoms with Crippen LogP contribution in [0.15, 0.2) is 24.3 Å². The van der Waals surface area contributed by atoms with Crippen molar-refractivity contribution in [3.63, 3.8) is 0 Å². The molecule has 0 aromatic heterocycles. The molecule has 1 fully saturated rings. The Morgan fingerprint density at radius 1 is 1.47 bits per heavy atom. The molecule has 1 aliphatic heterocycles. The van der Waals surface area contributed by atoms with Gasteiger partial charge in [-0.3, -0.25) is 4.79 Å². The van der Waals surface area contributed by atoms with Crippen LogP contribution in [-0.4, -0.2) is 23.4 Å². The summed E-state index contributed by atoms with van der Waals surface area (Å²) in [7, 11) is 0. The molecule has 1 unspecified atom stereocenters. The molecule has 1 saturated heterocycles. The smallest absolute Gasteiger partial charge is 0.254 e. The molecule has 1 heterocycles. The molecule has 0 saturated carbocycles. The molecular weight excluding hydrogens is 186 g/mol. The number of carbonyl (C=O) groups is 1. The van der Waals surface area contributed by atoms with Gasteiger partial charge in [-0.15, -0.1) is 0 Å². The summed E-state index contributed by atoms with van der Waals surface area (Å²) in [5, 5.41) is 0. The van der Waals surface area contributed by atoms with Crippen molar-refractivity contribution in [3.8, 4) is 0 Å². The van der Waals surface area contributed by atoms with Gasteiger partial charge < -0.3 is 4.90 Å². The maximum Gasteiger partial charge on any atom is 0.254 e. The Bertz CT molecular complexity index is 384. The second kappa shape index (κ2) is 3.69. The van der Waals surface area contributed by atoms with Crippen molar-refractivity contribution in [2.45, 2.75) is 32.7 Å². The molecule has 0 N–H and O–H groups in total. The highest BCUT2D eigenvalue weighted by Crippen LogP contribution is 2.22. The van der Waals surface area contributed by atoms with Crippen LogP contribution in [0.3, 0.4) is 0 Å². The van der Waals surface area contributed by atoms with Crippen molar-refractivity contribution in [1.82, 2.24) is 4.90 Å². The average molecular weight is 203 g/mol. The molecule has 1 aromatic rings. The van der Waals surface area contributed by atoms with Gasteiger partial charge in [-0.25, -0.2) is 0 Å². The van der Waals surface area contributed by atoms with Crippen molar-refractivity contribution in [2.24, 2.45) is 0 Å². The molecule has 0 bridgehead atoms. The van der Waals surface area contributed by atoms with Crippen LogP contribution in [0.2, 0.25) is 0 Å². The Morgan fingerprint density at radius 3 is 2.67 bits per heavy atom. The third-order valence-electron chi connectivity index (χ3n) is 2.92. The molecule has 80 valence electrons. The van der Waals surface area contributed by atoms with Crippen LogP contribution in [0.4, 0.5) is 0 Å². The van der Waals surface area contributed by atoms with E-state index in [2.05, 4.69) is 26.8 Å². The van der Waals surface area contributed by atoms with E-state index in [0.717, 1.165) is 12.1 Å². The number of hydrogen-bond donors (Lipinski definition) is 0. The summed E-state index contributed by atoms with van der Waals surface area (Å²) < 4.78 is 0. The third-order valence-corrected chi connectivity index (χ3v) is 2.92. The van der Waals surface area contributed by atoms with E-state index in [4.69, 9.17) is 0 Å². The zero-order chi connectivity index (χ0) is 11.0. The highest BCUT2D eigenvalue weighted by Gasteiger charge is 2.34. The Hall–Kier alpha value is -1.31. The SMILES string of the molecule is CC(C)c1cccc(C(=O)N2CC2C)c1. The molecule has 2 nitrogen and oxygen atoms in total. The molecule has 2 heteroatoms. The maximum atomic E-state index is 11.9. The molecule has 1 amide bonds. The zero-order valence-corrected chi connectivity index (χ0v) is 9.53. The highest BCUT2D eigenvalue weighted by atomic mass is 16.2. The lowest BCUT2D eigenvalue weighted by molar-refractivity contribution is 0.0876. The van der Waals surface area contributed by atoms with Crippen LogP contribution in [0.5, 0.6) is 0 Å². The monoisotopic (exact) mass is 203 g/mol. The van der Waals surface area contributed by atoms with Gasteiger partial charge in [-0.1, -0.05) is 26.0 Å². The minimum Gasteiger partial charge on any atom is -0.332 e. The first-order valence-electron chi connectivity index (χ1n) is 5.50. The Labute approximate surface area is 90.9 Å². The van der Waals surface area contributed by atoms with Gasteiger partial charge in [0.05, 0.1) is 0 Å². The molecule has 1 atom stereocenters. The van der Waals surface area contributed by atoms with E-state index in [0.29, 0.717) is 12.0 Å². The van der Waals surface area contributed by atoms with Crippen molar-refractivity contribution >= 4 is 5.91 Å². The van der Waals surface area contributed by atoms with Crippen molar-refractivity contribution in [1.29, 1.82) is 0 Å². The van der Waals surface area contributed by atoms with Crippen molar-refractivity contribution < 1.29 is 4.79 Å². The predicted molar refractivity (Wildman–Crippen MR) is 61.0 cm³/mol. The van der Waals surface area contributed by atoms with Crippen LogP contribution in [0.1, 0.15) is 42.6 Å². The first-order valence-corrected chi connectivity index (χ1v) is 5.50. The number of rotatable bonds is 2. The molecule has 15 heavy (non-hydrogen) atoms. The molecule has 0 spiro atoms. The van der Waals surface area contributed by atoms with E-state index < -0.39 is 0 Å². The molecule has 1 aromatic carbocycles. The first-order chi connectivity index (χ1) is 7.09. The molecular formula is C13H17NO. The molecule has 2 rings (SSSR count).